The van der Waals surface area contributed by atoms with Crippen LogP contribution in [0.3, 0.4) is 0 Å². The van der Waals surface area contributed by atoms with Gasteiger partial charge < -0.3 is 10.2 Å². The van der Waals surface area contributed by atoms with Crippen molar-refractivity contribution in [2.45, 2.75) is 51.5 Å². The topological polar surface area (TPSA) is 32.3 Å². The lowest BCUT2D eigenvalue weighted by Crippen LogP contribution is -2.34. The first-order valence-corrected chi connectivity index (χ1v) is 6.77. The van der Waals surface area contributed by atoms with Gasteiger partial charge in [0.05, 0.1) is 0 Å². The summed E-state index contributed by atoms with van der Waals surface area (Å²) >= 11 is 0. The highest BCUT2D eigenvalue weighted by atomic mass is 16.2. The van der Waals surface area contributed by atoms with Crippen LogP contribution in [0.2, 0.25) is 0 Å². The minimum absolute atomic E-state index is 0.392. The Kier molecular flexibility index (Phi) is 4.22. The SMILES string of the molecule is CC1CCCN1C(=O)CCC1CCNCC1. The summed E-state index contributed by atoms with van der Waals surface area (Å²) in [6, 6.07) is 0.487. The molecule has 0 bridgehead atoms. The van der Waals surface area contributed by atoms with Crippen molar-refractivity contribution in [3.63, 3.8) is 0 Å². The molecule has 2 fully saturated rings. The van der Waals surface area contributed by atoms with E-state index < -0.39 is 0 Å². The van der Waals surface area contributed by atoms with Gasteiger partial charge in [0.2, 0.25) is 5.91 Å². The smallest absolute Gasteiger partial charge is 0.222 e. The fourth-order valence-electron chi connectivity index (χ4n) is 2.95. The first-order chi connectivity index (χ1) is 7.77. The van der Waals surface area contributed by atoms with Crippen molar-refractivity contribution in [2.24, 2.45) is 5.92 Å². The van der Waals surface area contributed by atoms with Crippen molar-refractivity contribution >= 4 is 5.91 Å². The Balaban J connectivity index is 1.70. The van der Waals surface area contributed by atoms with Gasteiger partial charge >= 0.3 is 0 Å². The molecule has 3 nitrogen and oxygen atoms in total. The molecule has 0 aromatic carbocycles. The van der Waals surface area contributed by atoms with Gasteiger partial charge in [-0.05, 0) is 58.0 Å². The number of hydrogen-bond donors (Lipinski definition) is 1. The second-order valence-electron chi connectivity index (χ2n) is 5.31. The summed E-state index contributed by atoms with van der Waals surface area (Å²) in [5.74, 6) is 1.17. The Bertz CT molecular complexity index is 236. The predicted octanol–water partition coefficient (Wildman–Crippen LogP) is 1.78. The number of rotatable bonds is 3. The second kappa shape index (κ2) is 5.67. The first-order valence-electron chi connectivity index (χ1n) is 6.77. The van der Waals surface area contributed by atoms with Crippen LogP contribution in [0.4, 0.5) is 0 Å². The van der Waals surface area contributed by atoms with Crippen LogP contribution in [0.1, 0.15) is 45.4 Å². The molecule has 92 valence electrons. The van der Waals surface area contributed by atoms with E-state index in [9.17, 15) is 4.79 Å². The normalized spacial score (nSPS) is 27.3. The quantitative estimate of drug-likeness (QED) is 0.792. The summed E-state index contributed by atoms with van der Waals surface area (Å²) in [5.41, 5.74) is 0. The minimum Gasteiger partial charge on any atom is -0.340 e. The predicted molar refractivity (Wildman–Crippen MR) is 65.2 cm³/mol. The van der Waals surface area contributed by atoms with Gasteiger partial charge in [-0.3, -0.25) is 4.79 Å². The summed E-state index contributed by atoms with van der Waals surface area (Å²) in [4.78, 5) is 14.1. The summed E-state index contributed by atoms with van der Waals surface area (Å²) in [7, 11) is 0. The highest BCUT2D eigenvalue weighted by molar-refractivity contribution is 5.76. The summed E-state index contributed by atoms with van der Waals surface area (Å²) < 4.78 is 0. The van der Waals surface area contributed by atoms with E-state index in [1.165, 1.54) is 25.7 Å². The molecule has 1 N–H and O–H groups in total. The molecular formula is C13H24N2O. The maximum absolute atomic E-state index is 12.0. The fraction of sp³-hybridized carbons (Fsp3) is 0.923. The van der Waals surface area contributed by atoms with Crippen molar-refractivity contribution < 1.29 is 4.79 Å². The lowest BCUT2D eigenvalue weighted by atomic mass is 9.93. The van der Waals surface area contributed by atoms with E-state index in [0.29, 0.717) is 11.9 Å². The zero-order valence-electron chi connectivity index (χ0n) is 10.4. The van der Waals surface area contributed by atoms with E-state index in [4.69, 9.17) is 0 Å². The highest BCUT2D eigenvalue weighted by Crippen LogP contribution is 2.21. The Morgan fingerprint density at radius 1 is 1.31 bits per heavy atom. The molecule has 2 aliphatic heterocycles. The third-order valence-electron chi connectivity index (χ3n) is 4.10. The van der Waals surface area contributed by atoms with Gasteiger partial charge in [0.15, 0.2) is 0 Å². The zero-order chi connectivity index (χ0) is 11.4. The molecule has 0 spiro atoms. The third-order valence-corrected chi connectivity index (χ3v) is 4.10. The standard InChI is InChI=1S/C13H24N2O/c1-11-3-2-10-15(11)13(16)5-4-12-6-8-14-9-7-12/h11-12,14H,2-10H2,1H3. The molecule has 1 unspecified atom stereocenters. The van der Waals surface area contributed by atoms with E-state index in [0.717, 1.165) is 38.4 Å². The lowest BCUT2D eigenvalue weighted by Gasteiger charge is -2.25. The third kappa shape index (κ3) is 2.97. The van der Waals surface area contributed by atoms with Gasteiger partial charge in [-0.25, -0.2) is 0 Å². The zero-order valence-corrected chi connectivity index (χ0v) is 10.4. The average Bonchev–Trinajstić information content (AvgIpc) is 2.74. The molecule has 0 radical (unpaired) electrons. The van der Waals surface area contributed by atoms with Crippen molar-refractivity contribution in [3.8, 4) is 0 Å². The van der Waals surface area contributed by atoms with E-state index in [-0.39, 0.29) is 0 Å². The van der Waals surface area contributed by atoms with Crippen LogP contribution in [-0.2, 0) is 4.79 Å². The largest absolute Gasteiger partial charge is 0.340 e. The van der Waals surface area contributed by atoms with Gasteiger partial charge in [0.1, 0.15) is 0 Å². The summed E-state index contributed by atoms with van der Waals surface area (Å²) in [6.45, 7) is 5.44. The minimum atomic E-state index is 0.392. The van der Waals surface area contributed by atoms with Gasteiger partial charge in [-0.2, -0.15) is 0 Å². The lowest BCUT2D eigenvalue weighted by molar-refractivity contribution is -0.132. The van der Waals surface area contributed by atoms with E-state index in [1.807, 2.05) is 0 Å². The number of piperidine rings is 1. The molecule has 0 aromatic rings. The summed E-state index contributed by atoms with van der Waals surface area (Å²) in [6.07, 6.45) is 6.77. The van der Waals surface area contributed by atoms with Crippen LogP contribution >= 0.6 is 0 Å². The van der Waals surface area contributed by atoms with Gasteiger partial charge in [0.25, 0.3) is 0 Å². The van der Waals surface area contributed by atoms with E-state index in [2.05, 4.69) is 17.1 Å². The van der Waals surface area contributed by atoms with E-state index >= 15 is 0 Å². The molecule has 3 heteroatoms. The molecular weight excluding hydrogens is 200 g/mol. The van der Waals surface area contributed by atoms with Crippen LogP contribution in [0.5, 0.6) is 0 Å². The number of nitrogens with one attached hydrogen (secondary N) is 1. The second-order valence-corrected chi connectivity index (χ2v) is 5.31. The molecule has 2 aliphatic rings. The van der Waals surface area contributed by atoms with Gasteiger partial charge in [-0.1, -0.05) is 0 Å². The fourth-order valence-corrected chi connectivity index (χ4v) is 2.95. The Labute approximate surface area is 98.6 Å². The van der Waals surface area contributed by atoms with E-state index in [1.54, 1.807) is 0 Å². The monoisotopic (exact) mass is 224 g/mol. The highest BCUT2D eigenvalue weighted by Gasteiger charge is 2.25. The first kappa shape index (κ1) is 11.9. The molecule has 1 amide bonds. The van der Waals surface area contributed by atoms with Crippen molar-refractivity contribution in [1.82, 2.24) is 10.2 Å². The molecule has 1 atom stereocenters. The number of amides is 1. The Hall–Kier alpha value is -0.570. The number of carbonyl (C=O) groups is 1. The van der Waals surface area contributed by atoms with Crippen LogP contribution in [-0.4, -0.2) is 36.5 Å². The Morgan fingerprint density at radius 2 is 2.06 bits per heavy atom. The number of hydrogen-bond acceptors (Lipinski definition) is 2. The molecule has 2 rings (SSSR count). The van der Waals surface area contributed by atoms with Gasteiger partial charge in [0, 0.05) is 19.0 Å². The van der Waals surface area contributed by atoms with Crippen LogP contribution < -0.4 is 5.32 Å². The average molecular weight is 224 g/mol. The number of nitrogens with zero attached hydrogens (tertiary/aromatic N) is 1. The molecule has 0 aliphatic carbocycles. The molecule has 2 saturated heterocycles. The van der Waals surface area contributed by atoms with Crippen molar-refractivity contribution in [2.75, 3.05) is 19.6 Å². The van der Waals surface area contributed by atoms with Crippen molar-refractivity contribution in [3.05, 3.63) is 0 Å². The molecule has 0 saturated carbocycles. The molecule has 2 heterocycles. The van der Waals surface area contributed by atoms with Crippen molar-refractivity contribution in [1.29, 1.82) is 0 Å². The van der Waals surface area contributed by atoms with Crippen LogP contribution in [0, 0.1) is 5.92 Å². The maximum atomic E-state index is 12.0. The number of carbonyl (C=O) groups excluding carboxylic acids is 1. The number of likely N-dealkylation sites (tertiary alicyclic amines) is 1. The van der Waals surface area contributed by atoms with Gasteiger partial charge in [-0.15, -0.1) is 0 Å². The maximum Gasteiger partial charge on any atom is 0.222 e. The summed E-state index contributed by atoms with van der Waals surface area (Å²) in [5, 5.41) is 3.37. The van der Waals surface area contributed by atoms with Crippen LogP contribution in [0.15, 0.2) is 0 Å². The molecule has 16 heavy (non-hydrogen) atoms. The van der Waals surface area contributed by atoms with Crippen LogP contribution in [0.25, 0.3) is 0 Å². The molecule has 0 aromatic heterocycles. The Morgan fingerprint density at radius 3 is 2.69 bits per heavy atom.